The summed E-state index contributed by atoms with van der Waals surface area (Å²) in [5.74, 6) is 3.64. The van der Waals surface area contributed by atoms with E-state index in [2.05, 4.69) is 26.0 Å². The Morgan fingerprint density at radius 2 is 2.09 bits per heavy atom. The van der Waals surface area contributed by atoms with Crippen LogP contribution in [0.15, 0.2) is 23.8 Å². The number of allylic oxidation sites excluding steroid dienone is 3. The molecule has 0 aromatic rings. The molecule has 4 rings (SSSR count). The van der Waals surface area contributed by atoms with E-state index in [9.17, 15) is 9.90 Å². The van der Waals surface area contributed by atoms with Gasteiger partial charge >= 0.3 is 0 Å². The fourth-order valence-corrected chi connectivity index (χ4v) is 6.70. The van der Waals surface area contributed by atoms with E-state index in [1.54, 1.807) is 0 Å². The van der Waals surface area contributed by atoms with Crippen LogP contribution < -0.4 is 0 Å². The smallest absolute Gasteiger partial charge is 0.155 e. The van der Waals surface area contributed by atoms with Crippen molar-refractivity contribution in [3.05, 3.63) is 23.8 Å². The van der Waals surface area contributed by atoms with E-state index in [1.807, 2.05) is 6.08 Å². The molecule has 0 aromatic carbocycles. The van der Waals surface area contributed by atoms with Gasteiger partial charge in [-0.3, -0.25) is 4.79 Å². The van der Waals surface area contributed by atoms with E-state index >= 15 is 0 Å². The van der Waals surface area contributed by atoms with Crippen molar-refractivity contribution >= 4 is 5.78 Å². The molecular formula is C21H30O2. The highest BCUT2D eigenvalue weighted by molar-refractivity contribution is 5.91. The maximum Gasteiger partial charge on any atom is 0.155 e. The summed E-state index contributed by atoms with van der Waals surface area (Å²) in [4.78, 5) is 11.9. The predicted octanol–water partition coefficient (Wildman–Crippen LogP) is 4.29. The summed E-state index contributed by atoms with van der Waals surface area (Å²) in [7, 11) is 0. The number of ketones is 1. The van der Waals surface area contributed by atoms with Gasteiger partial charge in [-0.05, 0) is 86.5 Å². The van der Waals surface area contributed by atoms with E-state index in [0.717, 1.165) is 31.6 Å². The molecule has 0 radical (unpaired) electrons. The van der Waals surface area contributed by atoms with Gasteiger partial charge in [0.2, 0.25) is 0 Å². The first-order chi connectivity index (χ1) is 11.0. The Labute approximate surface area is 140 Å². The Morgan fingerprint density at radius 3 is 2.87 bits per heavy atom. The Hall–Kier alpha value is -0.890. The van der Waals surface area contributed by atoms with E-state index in [4.69, 9.17) is 0 Å². The van der Waals surface area contributed by atoms with Crippen LogP contribution in [0.1, 0.15) is 58.8 Å². The average Bonchev–Trinajstić information content (AvgIpc) is 2.83. The molecule has 2 unspecified atom stereocenters. The van der Waals surface area contributed by atoms with Gasteiger partial charge in [-0.2, -0.15) is 0 Å². The fourth-order valence-electron chi connectivity index (χ4n) is 6.70. The minimum Gasteiger partial charge on any atom is -0.393 e. The molecule has 3 saturated carbocycles. The SMILES string of the molecule is CC=CC1CC2=CC(=O)CC[C@@H]2[C@H]2CC[C@]3(C)C(O)CC[C@H]3[C@H]12. The molecule has 0 saturated heterocycles. The van der Waals surface area contributed by atoms with Gasteiger partial charge in [-0.25, -0.2) is 0 Å². The van der Waals surface area contributed by atoms with Crippen LogP contribution in [0.5, 0.6) is 0 Å². The monoisotopic (exact) mass is 314 g/mol. The Balaban J connectivity index is 1.72. The Bertz CT molecular complexity index is 560. The van der Waals surface area contributed by atoms with Crippen LogP contribution in [-0.4, -0.2) is 17.0 Å². The molecule has 4 aliphatic rings. The van der Waals surface area contributed by atoms with Crippen LogP contribution in [0, 0.1) is 35.0 Å². The summed E-state index contributed by atoms with van der Waals surface area (Å²) in [5, 5.41) is 10.6. The first kappa shape index (κ1) is 15.6. The van der Waals surface area contributed by atoms with Gasteiger partial charge in [-0.1, -0.05) is 24.6 Å². The van der Waals surface area contributed by atoms with Gasteiger partial charge in [0.1, 0.15) is 0 Å². The number of aliphatic hydroxyl groups excluding tert-OH is 1. The molecular weight excluding hydrogens is 284 g/mol. The third-order valence-electron chi connectivity index (χ3n) is 7.78. The molecule has 4 aliphatic carbocycles. The first-order valence-electron chi connectivity index (χ1n) is 9.58. The number of hydrogen-bond donors (Lipinski definition) is 1. The van der Waals surface area contributed by atoms with Crippen molar-refractivity contribution in [3.63, 3.8) is 0 Å². The first-order valence-corrected chi connectivity index (χ1v) is 9.58. The topological polar surface area (TPSA) is 37.3 Å². The lowest BCUT2D eigenvalue weighted by Crippen LogP contribution is -2.50. The van der Waals surface area contributed by atoms with E-state index in [0.29, 0.717) is 29.5 Å². The summed E-state index contributed by atoms with van der Waals surface area (Å²) in [6, 6.07) is 0. The van der Waals surface area contributed by atoms with Gasteiger partial charge in [0.15, 0.2) is 5.78 Å². The van der Waals surface area contributed by atoms with E-state index < -0.39 is 0 Å². The molecule has 0 aromatic heterocycles. The summed E-state index contributed by atoms with van der Waals surface area (Å²) >= 11 is 0. The Kier molecular flexibility index (Phi) is 3.79. The van der Waals surface area contributed by atoms with Gasteiger partial charge in [0.05, 0.1) is 6.10 Å². The molecule has 0 amide bonds. The standard InChI is InChI=1S/C21H30O2/c1-3-4-13-11-14-12-15(22)5-6-16(14)17-9-10-21(2)18(20(13)17)7-8-19(21)23/h3-4,12-13,16-20,23H,5-11H2,1-2H3/t13?,16-,17+,18-,19?,20+,21-/m0/s1. The predicted molar refractivity (Wildman–Crippen MR) is 91.8 cm³/mol. The lowest BCUT2D eigenvalue weighted by Gasteiger charge is -2.55. The molecule has 0 spiro atoms. The summed E-state index contributed by atoms with van der Waals surface area (Å²) < 4.78 is 0. The summed E-state index contributed by atoms with van der Waals surface area (Å²) in [6.07, 6.45) is 13.9. The lowest BCUT2D eigenvalue weighted by atomic mass is 9.49. The number of carbonyl (C=O) groups is 1. The highest BCUT2D eigenvalue weighted by Crippen LogP contribution is 2.63. The van der Waals surface area contributed by atoms with Crippen LogP contribution >= 0.6 is 0 Å². The van der Waals surface area contributed by atoms with Crippen molar-refractivity contribution in [1.82, 2.24) is 0 Å². The number of rotatable bonds is 1. The molecule has 2 nitrogen and oxygen atoms in total. The van der Waals surface area contributed by atoms with E-state index in [-0.39, 0.29) is 11.5 Å². The van der Waals surface area contributed by atoms with Crippen LogP contribution in [0.4, 0.5) is 0 Å². The van der Waals surface area contributed by atoms with E-state index in [1.165, 1.54) is 24.8 Å². The maximum atomic E-state index is 11.9. The lowest BCUT2D eigenvalue weighted by molar-refractivity contribution is -0.116. The fraction of sp³-hybridized carbons (Fsp3) is 0.762. The van der Waals surface area contributed by atoms with Crippen molar-refractivity contribution in [2.75, 3.05) is 0 Å². The normalized spacial score (nSPS) is 49.5. The van der Waals surface area contributed by atoms with Gasteiger partial charge in [0, 0.05) is 6.42 Å². The second-order valence-corrected chi connectivity index (χ2v) is 8.71. The van der Waals surface area contributed by atoms with Crippen LogP contribution in [0.25, 0.3) is 0 Å². The van der Waals surface area contributed by atoms with Crippen LogP contribution in [0.3, 0.4) is 0 Å². The molecule has 0 aliphatic heterocycles. The number of fused-ring (bicyclic) bond motifs is 5. The zero-order chi connectivity index (χ0) is 16.2. The molecule has 7 atom stereocenters. The molecule has 0 heterocycles. The van der Waals surface area contributed by atoms with Gasteiger partial charge in [-0.15, -0.1) is 0 Å². The van der Waals surface area contributed by atoms with Gasteiger partial charge in [0.25, 0.3) is 0 Å². The molecule has 126 valence electrons. The second kappa shape index (κ2) is 5.58. The van der Waals surface area contributed by atoms with Crippen molar-refractivity contribution in [2.24, 2.45) is 35.0 Å². The Morgan fingerprint density at radius 1 is 1.26 bits per heavy atom. The summed E-state index contributed by atoms with van der Waals surface area (Å²) in [6.45, 7) is 4.46. The van der Waals surface area contributed by atoms with Crippen molar-refractivity contribution in [1.29, 1.82) is 0 Å². The minimum atomic E-state index is -0.107. The molecule has 3 fully saturated rings. The maximum absolute atomic E-state index is 11.9. The molecule has 0 bridgehead atoms. The molecule has 23 heavy (non-hydrogen) atoms. The average molecular weight is 314 g/mol. The van der Waals surface area contributed by atoms with Crippen molar-refractivity contribution < 1.29 is 9.90 Å². The second-order valence-electron chi connectivity index (χ2n) is 8.71. The number of hydrogen-bond acceptors (Lipinski definition) is 2. The third-order valence-corrected chi connectivity index (χ3v) is 7.78. The summed E-state index contributed by atoms with van der Waals surface area (Å²) in [5.41, 5.74) is 1.57. The molecule has 2 heteroatoms. The quantitative estimate of drug-likeness (QED) is 0.733. The van der Waals surface area contributed by atoms with Crippen LogP contribution in [-0.2, 0) is 4.79 Å². The largest absolute Gasteiger partial charge is 0.393 e. The third kappa shape index (κ3) is 2.28. The number of carbonyl (C=O) groups excluding carboxylic acids is 1. The highest BCUT2D eigenvalue weighted by Gasteiger charge is 2.57. The zero-order valence-corrected chi connectivity index (χ0v) is 14.5. The van der Waals surface area contributed by atoms with Crippen molar-refractivity contribution in [2.45, 2.75) is 64.9 Å². The molecule has 1 N–H and O–H groups in total. The van der Waals surface area contributed by atoms with Gasteiger partial charge < -0.3 is 5.11 Å². The number of aliphatic hydroxyl groups is 1. The van der Waals surface area contributed by atoms with Crippen LogP contribution in [0.2, 0.25) is 0 Å². The van der Waals surface area contributed by atoms with Crippen molar-refractivity contribution in [3.8, 4) is 0 Å². The highest BCUT2D eigenvalue weighted by atomic mass is 16.3. The minimum absolute atomic E-state index is 0.107. The zero-order valence-electron chi connectivity index (χ0n) is 14.5.